The first kappa shape index (κ1) is 24.3. The van der Waals surface area contributed by atoms with Crippen LogP contribution in [0.4, 0.5) is 4.79 Å². The van der Waals surface area contributed by atoms with Crippen LogP contribution in [-0.2, 0) is 14.3 Å². The number of likely N-dealkylation sites (N-methyl/N-ethyl adjacent to an activating group) is 2. The van der Waals surface area contributed by atoms with Crippen molar-refractivity contribution in [3.63, 3.8) is 0 Å². The van der Waals surface area contributed by atoms with Gasteiger partial charge >= 0.3 is 12.1 Å². The Morgan fingerprint density at radius 3 is 2.12 bits per heavy atom. The fourth-order valence-electron chi connectivity index (χ4n) is 4.18. The third kappa shape index (κ3) is 6.10. The summed E-state index contributed by atoms with van der Waals surface area (Å²) in [5, 5.41) is 11.5. The molecule has 0 fully saturated rings. The van der Waals surface area contributed by atoms with Crippen molar-refractivity contribution in [2.75, 3.05) is 40.8 Å². The number of nitrogens with one attached hydrogen (secondary N) is 1. The average molecular weight is 454 g/mol. The van der Waals surface area contributed by atoms with Crippen LogP contribution < -0.4 is 5.32 Å². The highest BCUT2D eigenvalue weighted by Gasteiger charge is 2.30. The number of carboxylic acid groups (broad SMARTS) is 1. The number of alkyl carbamates (subject to hydrolysis) is 1. The number of carbonyl (C=O) groups excluding carboxylic acids is 2. The van der Waals surface area contributed by atoms with Crippen LogP contribution in [0.25, 0.3) is 11.1 Å². The second-order valence-corrected chi connectivity index (χ2v) is 8.54. The van der Waals surface area contributed by atoms with E-state index < -0.39 is 18.1 Å². The molecule has 0 aromatic heterocycles. The van der Waals surface area contributed by atoms with Gasteiger partial charge in [0.25, 0.3) is 0 Å². The molecule has 0 unspecified atom stereocenters. The quantitative estimate of drug-likeness (QED) is 0.574. The van der Waals surface area contributed by atoms with E-state index in [-0.39, 0.29) is 24.9 Å². The number of amides is 2. The van der Waals surface area contributed by atoms with Gasteiger partial charge in [0.15, 0.2) is 0 Å². The van der Waals surface area contributed by atoms with Crippen molar-refractivity contribution in [1.29, 1.82) is 0 Å². The molecule has 8 heteroatoms. The van der Waals surface area contributed by atoms with Gasteiger partial charge in [0.05, 0.1) is 0 Å². The standard InChI is InChI=1S/C25H31N3O5/c1-27(2)15-22(24(31)28(3)14-8-13-23(29)30)26-25(32)33-16-21-19-11-6-4-9-17(19)18-10-5-7-12-20(18)21/h4-7,9-12,21-22H,8,13-16H2,1-3H3,(H,26,32)(H,29,30)/t22-/m0/s1. The second kappa shape index (κ2) is 11.0. The number of aliphatic carboxylic acids is 1. The van der Waals surface area contributed by atoms with Crippen molar-refractivity contribution in [2.24, 2.45) is 0 Å². The zero-order valence-electron chi connectivity index (χ0n) is 19.3. The van der Waals surface area contributed by atoms with Crippen molar-refractivity contribution in [3.8, 4) is 11.1 Å². The first-order chi connectivity index (χ1) is 15.8. The van der Waals surface area contributed by atoms with E-state index in [0.717, 1.165) is 22.3 Å². The Hall–Kier alpha value is -3.39. The molecule has 1 atom stereocenters. The summed E-state index contributed by atoms with van der Waals surface area (Å²) < 4.78 is 5.58. The number of carbonyl (C=O) groups is 3. The summed E-state index contributed by atoms with van der Waals surface area (Å²) >= 11 is 0. The molecule has 2 aromatic rings. The molecule has 0 saturated carbocycles. The molecule has 33 heavy (non-hydrogen) atoms. The molecule has 3 rings (SSSR count). The maximum atomic E-state index is 12.9. The molecular weight excluding hydrogens is 422 g/mol. The van der Waals surface area contributed by atoms with Crippen LogP contribution in [0.3, 0.4) is 0 Å². The predicted molar refractivity (Wildman–Crippen MR) is 125 cm³/mol. The van der Waals surface area contributed by atoms with Crippen LogP contribution in [0.5, 0.6) is 0 Å². The Kier molecular flexibility index (Phi) is 8.06. The molecular formula is C25H31N3O5. The maximum Gasteiger partial charge on any atom is 0.407 e. The van der Waals surface area contributed by atoms with Crippen LogP contribution in [0, 0.1) is 0 Å². The Balaban J connectivity index is 1.63. The Bertz CT molecular complexity index is 962. The molecule has 2 N–H and O–H groups in total. The van der Waals surface area contributed by atoms with Gasteiger partial charge in [-0.05, 0) is 42.8 Å². The minimum Gasteiger partial charge on any atom is -0.481 e. The van der Waals surface area contributed by atoms with Gasteiger partial charge in [-0.2, -0.15) is 0 Å². The zero-order chi connectivity index (χ0) is 24.0. The van der Waals surface area contributed by atoms with Crippen LogP contribution in [0.2, 0.25) is 0 Å². The molecule has 1 aliphatic rings. The van der Waals surface area contributed by atoms with Gasteiger partial charge in [0, 0.05) is 32.5 Å². The molecule has 0 bridgehead atoms. The number of ether oxygens (including phenoxy) is 1. The molecule has 0 heterocycles. The third-order valence-corrected chi connectivity index (χ3v) is 5.74. The highest BCUT2D eigenvalue weighted by atomic mass is 16.5. The predicted octanol–water partition coefficient (Wildman–Crippen LogP) is 2.78. The maximum absolute atomic E-state index is 12.9. The Labute approximate surface area is 194 Å². The lowest BCUT2D eigenvalue weighted by molar-refractivity contribution is -0.138. The minimum atomic E-state index is -0.905. The molecule has 2 aromatic carbocycles. The van der Waals surface area contributed by atoms with Gasteiger partial charge in [0.2, 0.25) is 5.91 Å². The van der Waals surface area contributed by atoms with Crippen LogP contribution >= 0.6 is 0 Å². The largest absolute Gasteiger partial charge is 0.481 e. The number of nitrogens with zero attached hydrogens (tertiary/aromatic N) is 2. The van der Waals surface area contributed by atoms with E-state index >= 15 is 0 Å². The van der Waals surface area contributed by atoms with Gasteiger partial charge in [0.1, 0.15) is 12.6 Å². The van der Waals surface area contributed by atoms with E-state index in [0.29, 0.717) is 19.5 Å². The van der Waals surface area contributed by atoms with Crippen molar-refractivity contribution in [1.82, 2.24) is 15.1 Å². The summed E-state index contributed by atoms with van der Waals surface area (Å²) in [5.74, 6) is -1.26. The van der Waals surface area contributed by atoms with Crippen molar-refractivity contribution < 1.29 is 24.2 Å². The summed E-state index contributed by atoms with van der Waals surface area (Å²) in [6.45, 7) is 0.755. The topological polar surface area (TPSA) is 99.2 Å². The molecule has 176 valence electrons. The number of hydrogen-bond acceptors (Lipinski definition) is 5. The normalized spacial score (nSPS) is 13.2. The highest BCUT2D eigenvalue weighted by molar-refractivity contribution is 5.86. The molecule has 0 spiro atoms. The Morgan fingerprint density at radius 1 is 1.00 bits per heavy atom. The van der Waals surface area contributed by atoms with Crippen molar-refractivity contribution in [2.45, 2.75) is 24.8 Å². The number of rotatable bonds is 10. The lowest BCUT2D eigenvalue weighted by Gasteiger charge is -2.26. The summed E-state index contributed by atoms with van der Waals surface area (Å²) in [4.78, 5) is 39.5. The SMILES string of the molecule is CN(C)C[C@H](NC(=O)OCC1c2ccccc2-c2ccccc21)C(=O)N(C)CCCC(=O)O. The summed E-state index contributed by atoms with van der Waals surface area (Å²) in [7, 11) is 5.22. The van der Waals surface area contributed by atoms with Crippen LogP contribution in [0.15, 0.2) is 48.5 Å². The number of fused-ring (bicyclic) bond motifs is 3. The first-order valence-corrected chi connectivity index (χ1v) is 11.0. The van der Waals surface area contributed by atoms with Gasteiger partial charge in [-0.3, -0.25) is 9.59 Å². The van der Waals surface area contributed by atoms with Gasteiger partial charge in [-0.25, -0.2) is 4.79 Å². The lowest BCUT2D eigenvalue weighted by Crippen LogP contribution is -2.52. The summed E-state index contributed by atoms with van der Waals surface area (Å²) in [6, 6.07) is 15.4. The third-order valence-electron chi connectivity index (χ3n) is 5.74. The summed E-state index contributed by atoms with van der Waals surface area (Å²) in [5.41, 5.74) is 4.52. The molecule has 2 amide bonds. The molecule has 0 aliphatic heterocycles. The number of benzene rings is 2. The number of hydrogen-bond donors (Lipinski definition) is 2. The lowest BCUT2D eigenvalue weighted by atomic mass is 9.98. The second-order valence-electron chi connectivity index (χ2n) is 8.54. The molecule has 8 nitrogen and oxygen atoms in total. The fraction of sp³-hybridized carbons (Fsp3) is 0.400. The highest BCUT2D eigenvalue weighted by Crippen LogP contribution is 2.44. The minimum absolute atomic E-state index is 0.0181. The van der Waals surface area contributed by atoms with E-state index in [1.54, 1.807) is 11.9 Å². The van der Waals surface area contributed by atoms with Crippen LogP contribution in [-0.4, -0.2) is 79.8 Å². The van der Waals surface area contributed by atoms with E-state index in [1.807, 2.05) is 50.5 Å². The van der Waals surface area contributed by atoms with Crippen molar-refractivity contribution >= 4 is 18.0 Å². The zero-order valence-corrected chi connectivity index (χ0v) is 19.3. The molecule has 1 aliphatic carbocycles. The van der Waals surface area contributed by atoms with E-state index in [2.05, 4.69) is 17.4 Å². The monoisotopic (exact) mass is 453 g/mol. The molecule has 0 radical (unpaired) electrons. The fourth-order valence-corrected chi connectivity index (χ4v) is 4.18. The van der Waals surface area contributed by atoms with Gasteiger partial charge in [-0.1, -0.05) is 48.5 Å². The van der Waals surface area contributed by atoms with Gasteiger partial charge < -0.3 is 25.0 Å². The number of carboxylic acids is 1. The van der Waals surface area contributed by atoms with E-state index in [4.69, 9.17) is 9.84 Å². The molecule has 0 saturated heterocycles. The Morgan fingerprint density at radius 2 is 1.58 bits per heavy atom. The van der Waals surface area contributed by atoms with E-state index in [1.165, 1.54) is 4.90 Å². The average Bonchev–Trinajstić information content (AvgIpc) is 3.10. The van der Waals surface area contributed by atoms with E-state index in [9.17, 15) is 14.4 Å². The van der Waals surface area contributed by atoms with Crippen LogP contribution in [0.1, 0.15) is 29.9 Å². The summed E-state index contributed by atoms with van der Waals surface area (Å²) in [6.07, 6.45) is -0.330. The van der Waals surface area contributed by atoms with Crippen molar-refractivity contribution in [3.05, 3.63) is 59.7 Å². The first-order valence-electron chi connectivity index (χ1n) is 11.0. The smallest absolute Gasteiger partial charge is 0.407 e. The van der Waals surface area contributed by atoms with Gasteiger partial charge in [-0.15, -0.1) is 0 Å².